The molecule has 1 aliphatic rings. The van der Waals surface area contributed by atoms with Gasteiger partial charge in [-0.15, -0.1) is 10.2 Å². The van der Waals surface area contributed by atoms with Gasteiger partial charge in [0.25, 0.3) is 0 Å². The van der Waals surface area contributed by atoms with Gasteiger partial charge in [-0.1, -0.05) is 43.2 Å². The fourth-order valence-electron chi connectivity index (χ4n) is 5.33. The summed E-state index contributed by atoms with van der Waals surface area (Å²) in [6, 6.07) is 9.22. The molecule has 3 aromatic heterocycles. The van der Waals surface area contributed by atoms with Crippen LogP contribution in [0, 0.1) is 19.8 Å². The second-order valence-electron chi connectivity index (χ2n) is 10.1. The zero-order valence-corrected chi connectivity index (χ0v) is 22.6. The summed E-state index contributed by atoms with van der Waals surface area (Å²) in [6.07, 6.45) is 11.6. The maximum atomic E-state index is 5.47. The summed E-state index contributed by atoms with van der Waals surface area (Å²) in [4.78, 5) is 4.16. The maximum Gasteiger partial charge on any atom is 0.202 e. The Balaban J connectivity index is 1.05. The van der Waals surface area contributed by atoms with Gasteiger partial charge in [-0.05, 0) is 75.1 Å². The second kappa shape index (κ2) is 11.0. The molecule has 1 aromatic carbocycles. The summed E-state index contributed by atoms with van der Waals surface area (Å²) in [7, 11) is 4.02. The number of hydrogen-bond donors (Lipinski definition) is 0. The lowest BCUT2D eigenvalue weighted by molar-refractivity contribution is 0.412. The molecule has 7 nitrogen and oxygen atoms in total. The number of benzene rings is 1. The highest BCUT2D eigenvalue weighted by atomic mass is 32.2. The number of aryl methyl sites for hydroxylation is 5. The van der Waals surface area contributed by atoms with E-state index in [0.717, 1.165) is 34.0 Å². The lowest BCUT2D eigenvalue weighted by Gasteiger charge is -2.13. The Morgan fingerprint density at radius 1 is 1.00 bits per heavy atom. The number of nitrogens with zero attached hydrogens (tertiary/aromatic N) is 6. The number of rotatable bonds is 9. The molecule has 1 atom stereocenters. The highest BCUT2D eigenvalue weighted by molar-refractivity contribution is 7.99. The van der Waals surface area contributed by atoms with E-state index in [9.17, 15) is 0 Å². The van der Waals surface area contributed by atoms with Crippen LogP contribution in [0.25, 0.3) is 22.8 Å². The minimum Gasteiger partial charge on any atom is -0.440 e. The van der Waals surface area contributed by atoms with Gasteiger partial charge in [0, 0.05) is 25.4 Å². The quantitative estimate of drug-likeness (QED) is 0.150. The van der Waals surface area contributed by atoms with Crippen LogP contribution in [0.3, 0.4) is 0 Å². The Labute approximate surface area is 217 Å². The van der Waals surface area contributed by atoms with Crippen LogP contribution in [-0.4, -0.2) is 35.3 Å². The smallest absolute Gasteiger partial charge is 0.202 e. The van der Waals surface area contributed by atoms with Crippen molar-refractivity contribution >= 4 is 11.8 Å². The molecule has 5 rings (SSSR count). The number of aromatic nitrogens is 6. The van der Waals surface area contributed by atoms with Crippen molar-refractivity contribution in [3.63, 3.8) is 0 Å². The van der Waals surface area contributed by atoms with Crippen molar-refractivity contribution in [2.24, 2.45) is 20.0 Å². The lowest BCUT2D eigenvalue weighted by Crippen LogP contribution is -2.01. The van der Waals surface area contributed by atoms with Crippen LogP contribution >= 0.6 is 11.8 Å². The van der Waals surface area contributed by atoms with E-state index in [2.05, 4.69) is 51.5 Å². The topological polar surface area (TPSA) is 74.6 Å². The van der Waals surface area contributed by atoms with Crippen molar-refractivity contribution < 1.29 is 4.42 Å². The van der Waals surface area contributed by atoms with Crippen molar-refractivity contribution in [3.05, 3.63) is 53.2 Å². The molecule has 0 aliphatic heterocycles. The minimum atomic E-state index is 0.700. The van der Waals surface area contributed by atoms with E-state index >= 15 is 0 Å². The van der Waals surface area contributed by atoms with Crippen LogP contribution in [0.4, 0.5) is 0 Å². The number of thioether (sulfide) groups is 1. The van der Waals surface area contributed by atoms with Gasteiger partial charge in [0.05, 0.1) is 17.1 Å². The Kier molecular flexibility index (Phi) is 7.60. The molecule has 4 aromatic rings. The number of fused-ring (bicyclic) bond motifs is 1. The standard InChI is InChI=1S/C28H36N6OS/c1-19-16-25(34(4)32-19)24-14-13-22-11-9-21(10-12-23(22)17-24)8-6-5-7-15-36-28-31-30-27(33(28)3)26-20(2)29-18-35-26/h13-14,16-18,21H,5-12,15H2,1-4H3. The van der Waals surface area contributed by atoms with Crippen LogP contribution < -0.4 is 0 Å². The first-order valence-electron chi connectivity index (χ1n) is 13.0. The first-order valence-corrected chi connectivity index (χ1v) is 14.0. The Hall–Kier alpha value is -2.87. The highest BCUT2D eigenvalue weighted by Crippen LogP contribution is 2.31. The predicted octanol–water partition coefficient (Wildman–Crippen LogP) is 6.34. The van der Waals surface area contributed by atoms with Crippen molar-refractivity contribution in [2.75, 3.05) is 5.75 Å². The minimum absolute atomic E-state index is 0.700. The van der Waals surface area contributed by atoms with Crippen LogP contribution in [0.1, 0.15) is 61.0 Å². The van der Waals surface area contributed by atoms with E-state index in [1.165, 1.54) is 74.6 Å². The SMILES string of the molecule is Cc1cc(-c2ccc3c(c2)CCC(CCCCCSc2nnc(-c4ocnc4C)n2C)CC3)n(C)n1. The third-order valence-electron chi connectivity index (χ3n) is 7.42. The van der Waals surface area contributed by atoms with Gasteiger partial charge in [-0.25, -0.2) is 4.98 Å². The lowest BCUT2D eigenvalue weighted by atomic mass is 9.93. The molecule has 0 amide bonds. The molecule has 36 heavy (non-hydrogen) atoms. The van der Waals surface area contributed by atoms with Crippen molar-refractivity contribution in [1.29, 1.82) is 0 Å². The van der Waals surface area contributed by atoms with E-state index in [1.54, 1.807) is 17.3 Å². The Bertz CT molecular complexity index is 1320. The summed E-state index contributed by atoms with van der Waals surface area (Å²) < 4.78 is 9.47. The predicted molar refractivity (Wildman–Crippen MR) is 144 cm³/mol. The summed E-state index contributed by atoms with van der Waals surface area (Å²) >= 11 is 1.77. The van der Waals surface area contributed by atoms with Gasteiger partial charge in [-0.2, -0.15) is 5.10 Å². The molecule has 0 spiro atoms. The van der Waals surface area contributed by atoms with Gasteiger partial charge in [0.2, 0.25) is 5.82 Å². The van der Waals surface area contributed by atoms with E-state index < -0.39 is 0 Å². The molecule has 0 N–H and O–H groups in total. The van der Waals surface area contributed by atoms with E-state index in [-0.39, 0.29) is 0 Å². The monoisotopic (exact) mass is 504 g/mol. The fourth-order valence-corrected chi connectivity index (χ4v) is 6.23. The molecular formula is C28H36N6OS. The van der Waals surface area contributed by atoms with E-state index in [1.807, 2.05) is 30.3 Å². The average molecular weight is 505 g/mol. The van der Waals surface area contributed by atoms with Crippen LogP contribution in [-0.2, 0) is 26.9 Å². The molecule has 0 saturated heterocycles. The van der Waals surface area contributed by atoms with Crippen molar-refractivity contribution in [1.82, 2.24) is 29.5 Å². The van der Waals surface area contributed by atoms with Crippen molar-refractivity contribution in [3.8, 4) is 22.8 Å². The van der Waals surface area contributed by atoms with Gasteiger partial charge in [0.15, 0.2) is 17.3 Å². The molecule has 0 radical (unpaired) electrons. The molecule has 1 unspecified atom stereocenters. The molecule has 1 aliphatic carbocycles. The Morgan fingerprint density at radius 2 is 1.83 bits per heavy atom. The van der Waals surface area contributed by atoms with Gasteiger partial charge in [-0.3, -0.25) is 4.68 Å². The first kappa shape index (κ1) is 24.8. The summed E-state index contributed by atoms with van der Waals surface area (Å²) in [5.74, 6) is 3.34. The van der Waals surface area contributed by atoms with E-state index in [0.29, 0.717) is 5.76 Å². The van der Waals surface area contributed by atoms with Crippen LogP contribution in [0.15, 0.2) is 40.2 Å². The van der Waals surface area contributed by atoms with Crippen LogP contribution in [0.5, 0.6) is 0 Å². The molecular weight excluding hydrogens is 468 g/mol. The number of oxazole rings is 1. The third-order valence-corrected chi connectivity index (χ3v) is 8.53. The third kappa shape index (κ3) is 5.43. The maximum absolute atomic E-state index is 5.47. The molecule has 0 saturated carbocycles. The molecule has 0 fully saturated rings. The zero-order valence-electron chi connectivity index (χ0n) is 21.8. The normalized spacial score (nSPS) is 15.7. The summed E-state index contributed by atoms with van der Waals surface area (Å²) in [5.41, 5.74) is 7.49. The number of unbranched alkanes of at least 4 members (excludes halogenated alkanes) is 2. The second-order valence-corrected chi connectivity index (χ2v) is 11.1. The summed E-state index contributed by atoms with van der Waals surface area (Å²) in [6.45, 7) is 3.98. The average Bonchev–Trinajstić information content (AvgIpc) is 3.50. The van der Waals surface area contributed by atoms with Gasteiger partial charge >= 0.3 is 0 Å². The molecule has 0 bridgehead atoms. The van der Waals surface area contributed by atoms with Gasteiger partial charge < -0.3 is 8.98 Å². The molecule has 3 heterocycles. The van der Waals surface area contributed by atoms with Gasteiger partial charge in [0.1, 0.15) is 0 Å². The summed E-state index contributed by atoms with van der Waals surface area (Å²) in [5, 5.41) is 14.1. The zero-order chi connectivity index (χ0) is 25.1. The van der Waals surface area contributed by atoms with Crippen molar-refractivity contribution in [2.45, 2.75) is 70.4 Å². The van der Waals surface area contributed by atoms with Crippen LogP contribution in [0.2, 0.25) is 0 Å². The fraction of sp³-hybridized carbons (Fsp3) is 0.500. The molecule has 8 heteroatoms. The largest absolute Gasteiger partial charge is 0.440 e. The number of hydrogen-bond acceptors (Lipinski definition) is 6. The molecule has 190 valence electrons. The highest BCUT2D eigenvalue weighted by Gasteiger charge is 2.18. The van der Waals surface area contributed by atoms with E-state index in [4.69, 9.17) is 4.42 Å². The Morgan fingerprint density at radius 3 is 2.58 bits per heavy atom. The first-order chi connectivity index (χ1) is 17.5.